The van der Waals surface area contributed by atoms with Gasteiger partial charge in [-0.1, -0.05) is 6.92 Å². The molecule has 0 aromatic carbocycles. The third kappa shape index (κ3) is 3.93. The van der Waals surface area contributed by atoms with Crippen LogP contribution in [-0.4, -0.2) is 53.0 Å². The monoisotopic (exact) mass is 276 g/mol. The molecule has 1 aliphatic heterocycles. The lowest BCUT2D eigenvalue weighted by Crippen LogP contribution is -2.53. The molecule has 1 unspecified atom stereocenters. The number of aromatic nitrogens is 1. The molecular weight excluding hydrogens is 252 g/mol. The van der Waals surface area contributed by atoms with Crippen LogP contribution in [-0.2, 0) is 6.54 Å². The van der Waals surface area contributed by atoms with E-state index in [1.54, 1.807) is 12.4 Å². The van der Waals surface area contributed by atoms with Gasteiger partial charge in [-0.2, -0.15) is 0 Å². The lowest BCUT2D eigenvalue weighted by molar-refractivity contribution is 0.112. The van der Waals surface area contributed by atoms with E-state index in [9.17, 15) is 4.79 Å². The van der Waals surface area contributed by atoms with Crippen molar-refractivity contribution in [1.29, 1.82) is 0 Å². The van der Waals surface area contributed by atoms with Crippen molar-refractivity contribution in [3.05, 3.63) is 30.1 Å². The average Bonchev–Trinajstić information content (AvgIpc) is 2.53. The van der Waals surface area contributed by atoms with E-state index in [0.717, 1.165) is 38.2 Å². The molecule has 1 aromatic heterocycles. The van der Waals surface area contributed by atoms with Crippen molar-refractivity contribution in [3.8, 4) is 0 Å². The Morgan fingerprint density at radius 2 is 1.95 bits per heavy atom. The number of hydrogen-bond acceptors (Lipinski definition) is 3. The summed E-state index contributed by atoms with van der Waals surface area (Å²) in [4.78, 5) is 20.4. The molecule has 0 spiro atoms. The maximum atomic E-state index is 12.1. The summed E-state index contributed by atoms with van der Waals surface area (Å²) in [5.74, 6) is 0. The molecule has 1 saturated heterocycles. The Morgan fingerprint density at radius 1 is 1.30 bits per heavy atom. The topological polar surface area (TPSA) is 48.5 Å². The van der Waals surface area contributed by atoms with E-state index in [0.29, 0.717) is 12.6 Å². The molecule has 1 fully saturated rings. The number of pyridine rings is 1. The molecule has 2 rings (SSSR count). The van der Waals surface area contributed by atoms with Gasteiger partial charge in [-0.05, 0) is 31.0 Å². The summed E-state index contributed by atoms with van der Waals surface area (Å²) in [6.07, 6.45) is 4.65. The summed E-state index contributed by atoms with van der Waals surface area (Å²) < 4.78 is 0. The van der Waals surface area contributed by atoms with Crippen LogP contribution in [0, 0.1) is 0 Å². The van der Waals surface area contributed by atoms with E-state index >= 15 is 0 Å². The van der Waals surface area contributed by atoms with Gasteiger partial charge < -0.3 is 10.2 Å². The molecule has 5 heteroatoms. The zero-order chi connectivity index (χ0) is 14.4. The summed E-state index contributed by atoms with van der Waals surface area (Å²) in [6, 6.07) is 4.48. The Hall–Kier alpha value is -1.62. The summed E-state index contributed by atoms with van der Waals surface area (Å²) in [5.41, 5.74) is 1.08. The molecule has 1 aromatic rings. The van der Waals surface area contributed by atoms with E-state index in [1.165, 1.54) is 0 Å². The second kappa shape index (κ2) is 7.24. The highest BCUT2D eigenvalue weighted by Gasteiger charge is 2.22. The molecule has 2 heterocycles. The van der Waals surface area contributed by atoms with Crippen molar-refractivity contribution in [2.45, 2.75) is 32.9 Å². The van der Waals surface area contributed by atoms with Crippen LogP contribution < -0.4 is 5.32 Å². The predicted octanol–water partition coefficient (Wildman–Crippen LogP) is 1.71. The number of nitrogens with zero attached hydrogens (tertiary/aromatic N) is 3. The maximum Gasteiger partial charge on any atom is 0.317 e. The molecule has 110 valence electrons. The minimum atomic E-state index is 0.0330. The number of carbonyl (C=O) groups is 1. The molecule has 0 aliphatic carbocycles. The van der Waals surface area contributed by atoms with E-state index < -0.39 is 0 Å². The standard InChI is InChI=1S/C15H24N4O/c1-3-13(2)18-8-10-19(11-9-18)15(20)17-12-14-4-6-16-7-5-14/h4-7,13H,3,8-12H2,1-2H3,(H,17,20). The van der Waals surface area contributed by atoms with Crippen LogP contribution in [0.15, 0.2) is 24.5 Å². The van der Waals surface area contributed by atoms with Crippen molar-refractivity contribution in [2.75, 3.05) is 26.2 Å². The second-order valence-corrected chi connectivity index (χ2v) is 5.29. The number of piperazine rings is 1. The zero-order valence-electron chi connectivity index (χ0n) is 12.4. The Bertz CT molecular complexity index is 415. The Morgan fingerprint density at radius 3 is 2.55 bits per heavy atom. The van der Waals surface area contributed by atoms with Gasteiger partial charge in [-0.3, -0.25) is 9.88 Å². The summed E-state index contributed by atoms with van der Waals surface area (Å²) in [5, 5.41) is 2.97. The smallest absolute Gasteiger partial charge is 0.317 e. The highest BCUT2D eigenvalue weighted by molar-refractivity contribution is 5.74. The molecule has 0 bridgehead atoms. The molecule has 1 atom stereocenters. The molecule has 2 amide bonds. The molecule has 0 saturated carbocycles. The highest BCUT2D eigenvalue weighted by atomic mass is 16.2. The molecule has 1 aliphatic rings. The van der Waals surface area contributed by atoms with E-state index in [1.807, 2.05) is 17.0 Å². The first-order valence-corrected chi connectivity index (χ1v) is 7.36. The Kier molecular flexibility index (Phi) is 5.35. The van der Waals surface area contributed by atoms with Crippen LogP contribution in [0.25, 0.3) is 0 Å². The Balaban J connectivity index is 1.75. The van der Waals surface area contributed by atoms with Crippen molar-refractivity contribution in [2.24, 2.45) is 0 Å². The number of nitrogens with one attached hydrogen (secondary N) is 1. The van der Waals surface area contributed by atoms with E-state index in [2.05, 4.69) is 29.0 Å². The number of hydrogen-bond donors (Lipinski definition) is 1. The van der Waals surface area contributed by atoms with Gasteiger partial charge in [0.2, 0.25) is 0 Å². The van der Waals surface area contributed by atoms with Crippen molar-refractivity contribution in [1.82, 2.24) is 20.1 Å². The number of amides is 2. The van der Waals surface area contributed by atoms with Gasteiger partial charge in [0.25, 0.3) is 0 Å². The fraction of sp³-hybridized carbons (Fsp3) is 0.600. The fourth-order valence-corrected chi connectivity index (χ4v) is 2.41. The van der Waals surface area contributed by atoms with Gasteiger partial charge in [0.15, 0.2) is 0 Å². The largest absolute Gasteiger partial charge is 0.334 e. The fourth-order valence-electron chi connectivity index (χ4n) is 2.41. The predicted molar refractivity (Wildman–Crippen MR) is 79.4 cm³/mol. The third-order valence-electron chi connectivity index (χ3n) is 4.01. The molecule has 5 nitrogen and oxygen atoms in total. The normalized spacial score (nSPS) is 17.8. The van der Waals surface area contributed by atoms with Crippen LogP contribution in [0.4, 0.5) is 4.79 Å². The second-order valence-electron chi connectivity index (χ2n) is 5.29. The van der Waals surface area contributed by atoms with Crippen LogP contribution in [0.1, 0.15) is 25.8 Å². The minimum absolute atomic E-state index is 0.0330. The van der Waals surface area contributed by atoms with Gasteiger partial charge in [0, 0.05) is 51.2 Å². The maximum absolute atomic E-state index is 12.1. The molecule has 0 radical (unpaired) electrons. The zero-order valence-corrected chi connectivity index (χ0v) is 12.4. The van der Waals surface area contributed by atoms with Crippen molar-refractivity contribution >= 4 is 6.03 Å². The van der Waals surface area contributed by atoms with Gasteiger partial charge in [0.05, 0.1) is 0 Å². The van der Waals surface area contributed by atoms with Gasteiger partial charge in [-0.15, -0.1) is 0 Å². The highest BCUT2D eigenvalue weighted by Crippen LogP contribution is 2.08. The average molecular weight is 276 g/mol. The summed E-state index contributed by atoms with van der Waals surface area (Å²) >= 11 is 0. The van der Waals surface area contributed by atoms with Crippen LogP contribution in [0.5, 0.6) is 0 Å². The molecular formula is C15H24N4O. The van der Waals surface area contributed by atoms with Crippen LogP contribution in [0.2, 0.25) is 0 Å². The first-order chi connectivity index (χ1) is 9.70. The Labute approximate surface area is 121 Å². The van der Waals surface area contributed by atoms with Gasteiger partial charge in [-0.25, -0.2) is 4.79 Å². The summed E-state index contributed by atoms with van der Waals surface area (Å²) in [7, 11) is 0. The lowest BCUT2D eigenvalue weighted by atomic mass is 10.2. The first kappa shape index (κ1) is 14.8. The van der Waals surface area contributed by atoms with Crippen LogP contribution in [0.3, 0.4) is 0 Å². The molecule has 20 heavy (non-hydrogen) atoms. The quantitative estimate of drug-likeness (QED) is 0.910. The number of rotatable bonds is 4. The lowest BCUT2D eigenvalue weighted by Gasteiger charge is -2.37. The van der Waals surface area contributed by atoms with Crippen molar-refractivity contribution in [3.63, 3.8) is 0 Å². The summed E-state index contributed by atoms with van der Waals surface area (Å²) in [6.45, 7) is 8.58. The SMILES string of the molecule is CCC(C)N1CCN(C(=O)NCc2ccncc2)CC1. The van der Waals surface area contributed by atoms with Crippen molar-refractivity contribution < 1.29 is 4.79 Å². The number of urea groups is 1. The van der Waals surface area contributed by atoms with Gasteiger partial charge >= 0.3 is 6.03 Å². The first-order valence-electron chi connectivity index (χ1n) is 7.36. The molecule has 1 N–H and O–H groups in total. The minimum Gasteiger partial charge on any atom is -0.334 e. The number of carbonyl (C=O) groups excluding carboxylic acids is 1. The van der Waals surface area contributed by atoms with Crippen LogP contribution >= 0.6 is 0 Å². The third-order valence-corrected chi connectivity index (χ3v) is 4.01. The van der Waals surface area contributed by atoms with Gasteiger partial charge in [0.1, 0.15) is 0 Å². The van der Waals surface area contributed by atoms with E-state index in [4.69, 9.17) is 0 Å². The van der Waals surface area contributed by atoms with E-state index in [-0.39, 0.29) is 6.03 Å².